The number of benzene rings is 5. The van der Waals surface area contributed by atoms with Gasteiger partial charge in [0.05, 0.1) is 0 Å². The highest BCUT2D eigenvalue weighted by Crippen LogP contribution is 2.54. The van der Waals surface area contributed by atoms with Crippen molar-refractivity contribution in [2.75, 3.05) is 7.05 Å². The highest BCUT2D eigenvalue weighted by atomic mass is 127. The lowest BCUT2D eigenvalue weighted by atomic mass is 10.0. The Morgan fingerprint density at radius 1 is 0.500 bits per heavy atom. The average molecular weight is 599 g/mol. The minimum Gasteiger partial charge on any atom is -1.00 e. The molecule has 0 saturated heterocycles. The molecule has 0 aromatic heterocycles. The summed E-state index contributed by atoms with van der Waals surface area (Å²) < 4.78 is 0. The fourth-order valence-electron chi connectivity index (χ4n) is 4.69. The molecule has 36 heavy (non-hydrogen) atoms. The molecule has 0 saturated carbocycles. The monoisotopic (exact) mass is 599 g/mol. The predicted octanol–water partition coefficient (Wildman–Crippen LogP) is 2.34. The summed E-state index contributed by atoms with van der Waals surface area (Å²) in [7, 11) is -0.446. The van der Waals surface area contributed by atoms with Crippen molar-refractivity contribution in [1.29, 1.82) is 0 Å². The van der Waals surface area contributed by atoms with Crippen LogP contribution in [0.15, 0.2) is 140 Å². The third-order valence-corrected chi connectivity index (χ3v) is 10.7. The molecular formula is C32H27INOP. The predicted molar refractivity (Wildman–Crippen MR) is 150 cm³/mol. The Labute approximate surface area is 230 Å². The maximum Gasteiger partial charge on any atom is 0.251 e. The highest BCUT2D eigenvalue weighted by Gasteiger charge is 2.47. The average Bonchev–Trinajstić information content (AvgIpc) is 2.95. The van der Waals surface area contributed by atoms with Crippen molar-refractivity contribution in [2.24, 2.45) is 0 Å². The van der Waals surface area contributed by atoms with E-state index in [2.05, 4.69) is 121 Å². The quantitative estimate of drug-likeness (QED) is 0.236. The van der Waals surface area contributed by atoms with Gasteiger partial charge in [-0.1, -0.05) is 78.9 Å². The van der Waals surface area contributed by atoms with Gasteiger partial charge in [0.1, 0.15) is 28.5 Å². The van der Waals surface area contributed by atoms with Crippen LogP contribution in [0.1, 0.15) is 10.4 Å². The number of amides is 1. The second kappa shape index (κ2) is 11.6. The molecule has 0 aliphatic heterocycles. The SMILES string of the molecule is CNC(=O)c1ccc(-c2ccc([P+](c3ccccc3)(c3ccccc3)c3ccccc3)cc2)cc1.[I-]. The molecular weight excluding hydrogens is 572 g/mol. The summed E-state index contributed by atoms with van der Waals surface area (Å²) in [6, 6.07) is 49.4. The Balaban J connectivity index is 0.00000304. The minimum atomic E-state index is -2.10. The van der Waals surface area contributed by atoms with Crippen LogP contribution in [0.4, 0.5) is 0 Å². The zero-order chi connectivity index (χ0) is 24.1. The molecule has 1 N–H and O–H groups in total. The van der Waals surface area contributed by atoms with Crippen molar-refractivity contribution >= 4 is 34.4 Å². The molecule has 178 valence electrons. The van der Waals surface area contributed by atoms with Crippen molar-refractivity contribution in [3.8, 4) is 11.1 Å². The second-order valence-electron chi connectivity index (χ2n) is 8.38. The van der Waals surface area contributed by atoms with Crippen LogP contribution in [-0.4, -0.2) is 13.0 Å². The zero-order valence-corrected chi connectivity index (χ0v) is 23.1. The lowest BCUT2D eigenvalue weighted by Gasteiger charge is -2.27. The zero-order valence-electron chi connectivity index (χ0n) is 20.0. The summed E-state index contributed by atoms with van der Waals surface area (Å²) in [5, 5.41) is 7.99. The van der Waals surface area contributed by atoms with Gasteiger partial charge < -0.3 is 29.3 Å². The van der Waals surface area contributed by atoms with E-state index < -0.39 is 7.26 Å². The second-order valence-corrected chi connectivity index (χ2v) is 11.8. The Bertz CT molecular complexity index is 1310. The number of rotatable bonds is 6. The van der Waals surface area contributed by atoms with Crippen LogP contribution in [0.25, 0.3) is 11.1 Å². The summed E-state index contributed by atoms with van der Waals surface area (Å²) in [6.45, 7) is 0. The van der Waals surface area contributed by atoms with Gasteiger partial charge in [0, 0.05) is 12.6 Å². The van der Waals surface area contributed by atoms with Crippen LogP contribution in [0.5, 0.6) is 0 Å². The Morgan fingerprint density at radius 2 is 0.833 bits per heavy atom. The first-order valence-corrected chi connectivity index (χ1v) is 13.5. The van der Waals surface area contributed by atoms with E-state index in [1.54, 1.807) is 7.05 Å². The van der Waals surface area contributed by atoms with Crippen LogP contribution in [0.2, 0.25) is 0 Å². The number of hydrogen-bond donors (Lipinski definition) is 1. The first-order chi connectivity index (χ1) is 17.2. The van der Waals surface area contributed by atoms with Crippen LogP contribution < -0.4 is 50.5 Å². The van der Waals surface area contributed by atoms with E-state index in [9.17, 15) is 4.79 Å². The topological polar surface area (TPSA) is 29.1 Å². The molecule has 0 aliphatic rings. The summed E-state index contributed by atoms with van der Waals surface area (Å²) in [4.78, 5) is 11.9. The van der Waals surface area contributed by atoms with Crippen molar-refractivity contribution in [3.05, 3.63) is 145 Å². The maximum absolute atomic E-state index is 11.9. The van der Waals surface area contributed by atoms with E-state index in [1.807, 2.05) is 24.3 Å². The standard InChI is InChI=1S/C32H26NOP.HI/c1-33-32(34)27-19-17-25(18-20-27)26-21-23-31(24-22-26)35(28-11-5-2-6-12-28,29-13-7-3-8-14-29)30-15-9-4-10-16-30;/h2-24H,1H3;1H. The van der Waals surface area contributed by atoms with Gasteiger partial charge in [-0.15, -0.1) is 0 Å². The van der Waals surface area contributed by atoms with Crippen molar-refractivity contribution in [2.45, 2.75) is 0 Å². The van der Waals surface area contributed by atoms with E-state index in [-0.39, 0.29) is 29.9 Å². The van der Waals surface area contributed by atoms with Gasteiger partial charge >= 0.3 is 0 Å². The molecule has 0 radical (unpaired) electrons. The van der Waals surface area contributed by atoms with Gasteiger partial charge in [0.15, 0.2) is 0 Å². The fraction of sp³-hybridized carbons (Fsp3) is 0.0312. The van der Waals surface area contributed by atoms with Crippen LogP contribution in [0, 0.1) is 0 Å². The molecule has 1 amide bonds. The fourth-order valence-corrected chi connectivity index (χ4v) is 8.93. The van der Waals surface area contributed by atoms with Crippen molar-refractivity contribution < 1.29 is 28.8 Å². The molecule has 5 aromatic rings. The van der Waals surface area contributed by atoms with Gasteiger partial charge in [-0.25, -0.2) is 0 Å². The number of carbonyl (C=O) groups is 1. The maximum atomic E-state index is 11.9. The third-order valence-electron chi connectivity index (χ3n) is 6.39. The molecule has 0 spiro atoms. The molecule has 5 rings (SSSR count). The smallest absolute Gasteiger partial charge is 0.251 e. The van der Waals surface area contributed by atoms with Gasteiger partial charge in [-0.05, 0) is 71.8 Å². The molecule has 5 aromatic carbocycles. The van der Waals surface area contributed by atoms with Gasteiger partial charge in [-0.3, -0.25) is 4.79 Å². The molecule has 4 heteroatoms. The van der Waals surface area contributed by atoms with Gasteiger partial charge in [-0.2, -0.15) is 0 Å². The summed E-state index contributed by atoms with van der Waals surface area (Å²) in [5.41, 5.74) is 2.88. The van der Waals surface area contributed by atoms with E-state index in [1.165, 1.54) is 21.2 Å². The number of nitrogens with one attached hydrogen (secondary N) is 1. The Kier molecular flexibility index (Phi) is 8.35. The molecule has 0 fully saturated rings. The molecule has 2 nitrogen and oxygen atoms in total. The highest BCUT2D eigenvalue weighted by molar-refractivity contribution is 8.01. The molecule has 0 heterocycles. The van der Waals surface area contributed by atoms with E-state index in [4.69, 9.17) is 0 Å². The van der Waals surface area contributed by atoms with Crippen molar-refractivity contribution in [1.82, 2.24) is 5.32 Å². The van der Waals surface area contributed by atoms with E-state index in [0.717, 1.165) is 11.1 Å². The lowest BCUT2D eigenvalue weighted by molar-refractivity contribution is -0.0000148. The van der Waals surface area contributed by atoms with Gasteiger partial charge in [0.2, 0.25) is 0 Å². The molecule has 0 atom stereocenters. The van der Waals surface area contributed by atoms with Crippen LogP contribution >= 0.6 is 7.26 Å². The normalized spacial score (nSPS) is 10.8. The molecule has 0 aliphatic carbocycles. The first-order valence-electron chi connectivity index (χ1n) is 11.7. The minimum absolute atomic E-state index is 0. The van der Waals surface area contributed by atoms with Crippen LogP contribution in [-0.2, 0) is 0 Å². The van der Waals surface area contributed by atoms with E-state index in [0.29, 0.717) is 5.56 Å². The Hall–Kier alpha value is -3.27. The van der Waals surface area contributed by atoms with Crippen molar-refractivity contribution in [3.63, 3.8) is 0 Å². The van der Waals surface area contributed by atoms with E-state index >= 15 is 0 Å². The summed E-state index contributed by atoms with van der Waals surface area (Å²) >= 11 is 0. The van der Waals surface area contributed by atoms with Gasteiger partial charge in [0.25, 0.3) is 5.91 Å². The molecule has 0 bridgehead atoms. The number of carbonyl (C=O) groups excluding carboxylic acids is 1. The third kappa shape index (κ3) is 4.86. The lowest BCUT2D eigenvalue weighted by Crippen LogP contribution is -3.00. The Morgan fingerprint density at radius 3 is 1.19 bits per heavy atom. The number of halogens is 1. The summed E-state index contributed by atoms with van der Waals surface area (Å²) in [5.74, 6) is -0.0740. The van der Waals surface area contributed by atoms with Crippen LogP contribution in [0.3, 0.4) is 0 Å². The summed E-state index contributed by atoms with van der Waals surface area (Å²) in [6.07, 6.45) is 0. The first kappa shape index (κ1) is 25.8. The largest absolute Gasteiger partial charge is 1.00 e. The number of hydrogen-bond acceptors (Lipinski definition) is 1. The molecule has 0 unspecified atom stereocenters.